The quantitative estimate of drug-likeness (QED) is 0.825. The van der Waals surface area contributed by atoms with Gasteiger partial charge in [0.15, 0.2) is 0 Å². The van der Waals surface area contributed by atoms with Crippen LogP contribution >= 0.6 is 0 Å². The molecule has 0 unspecified atom stereocenters. The number of hydrogen-bond donors (Lipinski definition) is 2. The lowest BCUT2D eigenvalue weighted by Gasteiger charge is -2.33. The molecule has 1 fully saturated rings. The number of halogens is 1. The summed E-state index contributed by atoms with van der Waals surface area (Å²) in [5.74, 6) is -1.90. The number of phenols is 1. The van der Waals surface area contributed by atoms with Crippen molar-refractivity contribution in [2.24, 2.45) is 0 Å². The molecule has 1 saturated heterocycles. The number of carbonyl (C=O) groups is 1. The maximum Gasteiger partial charge on any atom is 0.314 e. The van der Waals surface area contributed by atoms with E-state index in [1.54, 1.807) is 0 Å². The smallest absolute Gasteiger partial charge is 0.314 e. The Morgan fingerprint density at radius 3 is 2.47 bits per heavy atom. The van der Waals surface area contributed by atoms with Gasteiger partial charge in [0.1, 0.15) is 11.6 Å². The summed E-state index contributed by atoms with van der Waals surface area (Å²) in [6, 6.07) is 3.43. The van der Waals surface area contributed by atoms with Gasteiger partial charge in [0, 0.05) is 19.3 Å². The zero-order valence-corrected chi connectivity index (χ0v) is 9.15. The number of carboxylic acids is 1. The van der Waals surface area contributed by atoms with Crippen LogP contribution in [0.5, 0.6) is 5.75 Å². The van der Waals surface area contributed by atoms with E-state index >= 15 is 0 Å². The lowest BCUT2D eigenvalue weighted by molar-refractivity contribution is -0.147. The van der Waals surface area contributed by atoms with Crippen LogP contribution in [0.4, 0.5) is 4.39 Å². The number of carboxylic acid groups (broad SMARTS) is 1. The van der Waals surface area contributed by atoms with E-state index in [9.17, 15) is 19.4 Å². The van der Waals surface area contributed by atoms with Crippen molar-refractivity contribution in [1.82, 2.24) is 0 Å². The molecule has 0 spiro atoms. The van der Waals surface area contributed by atoms with Crippen molar-refractivity contribution in [3.05, 3.63) is 29.6 Å². The number of hydrogen-bond acceptors (Lipinski definition) is 3. The standard InChI is InChI=1S/C12H13FO4/c13-9-5-8(6-10(14)7-9)12(11(15)16)1-3-17-4-2-12/h5-7,14H,1-4H2,(H,15,16). The molecule has 0 saturated carbocycles. The third-order valence-corrected chi connectivity index (χ3v) is 3.19. The lowest BCUT2D eigenvalue weighted by atomic mass is 9.74. The molecular formula is C12H13FO4. The summed E-state index contributed by atoms with van der Waals surface area (Å²) in [6.45, 7) is 0.646. The molecule has 4 nitrogen and oxygen atoms in total. The van der Waals surface area contributed by atoms with Crippen LogP contribution in [0, 0.1) is 5.82 Å². The van der Waals surface area contributed by atoms with Crippen LogP contribution in [0.25, 0.3) is 0 Å². The zero-order valence-electron chi connectivity index (χ0n) is 9.15. The number of ether oxygens (including phenoxy) is 1. The van der Waals surface area contributed by atoms with Crippen LogP contribution in [-0.2, 0) is 14.9 Å². The first-order valence-corrected chi connectivity index (χ1v) is 5.36. The predicted octanol–water partition coefficient (Wildman–Crippen LogP) is 1.66. The van der Waals surface area contributed by atoms with Gasteiger partial charge >= 0.3 is 5.97 Å². The summed E-state index contributed by atoms with van der Waals surface area (Å²) < 4.78 is 18.4. The van der Waals surface area contributed by atoms with Gasteiger partial charge in [-0.05, 0) is 30.5 Å². The zero-order chi connectivity index (χ0) is 12.5. The summed E-state index contributed by atoms with van der Waals surface area (Å²) in [5, 5.41) is 18.7. The Kier molecular flexibility index (Phi) is 3.02. The maximum atomic E-state index is 13.2. The summed E-state index contributed by atoms with van der Waals surface area (Å²) in [6.07, 6.45) is 0.566. The highest BCUT2D eigenvalue weighted by atomic mass is 19.1. The average molecular weight is 240 g/mol. The van der Waals surface area contributed by atoms with Crippen molar-refractivity contribution < 1.29 is 24.1 Å². The first-order valence-electron chi connectivity index (χ1n) is 5.36. The fraction of sp³-hybridized carbons (Fsp3) is 0.417. The Morgan fingerprint density at radius 1 is 1.29 bits per heavy atom. The van der Waals surface area contributed by atoms with E-state index in [0.29, 0.717) is 18.8 Å². The van der Waals surface area contributed by atoms with Gasteiger partial charge in [-0.3, -0.25) is 4.79 Å². The summed E-state index contributed by atoms with van der Waals surface area (Å²) in [5.41, 5.74) is -0.858. The van der Waals surface area contributed by atoms with Gasteiger partial charge in [-0.1, -0.05) is 0 Å². The molecule has 1 aromatic carbocycles. The Balaban J connectivity index is 2.48. The molecule has 17 heavy (non-hydrogen) atoms. The SMILES string of the molecule is O=C(O)C1(c2cc(O)cc(F)c2)CCOCC1. The third-order valence-electron chi connectivity index (χ3n) is 3.19. The molecular weight excluding hydrogens is 227 g/mol. The van der Waals surface area contributed by atoms with E-state index in [2.05, 4.69) is 0 Å². The van der Waals surface area contributed by atoms with Crippen LogP contribution in [0.2, 0.25) is 0 Å². The number of rotatable bonds is 2. The van der Waals surface area contributed by atoms with Crippen molar-refractivity contribution in [3.8, 4) is 5.75 Å². The van der Waals surface area contributed by atoms with Gasteiger partial charge in [0.2, 0.25) is 0 Å². The molecule has 0 aliphatic carbocycles. The lowest BCUT2D eigenvalue weighted by Crippen LogP contribution is -2.41. The Labute approximate surface area is 97.6 Å². The largest absolute Gasteiger partial charge is 0.508 e. The first kappa shape index (κ1) is 11.9. The van der Waals surface area contributed by atoms with Gasteiger partial charge in [0.05, 0.1) is 5.41 Å². The van der Waals surface area contributed by atoms with Crippen LogP contribution < -0.4 is 0 Å². The van der Waals surface area contributed by atoms with E-state index in [1.807, 2.05) is 0 Å². The predicted molar refractivity (Wildman–Crippen MR) is 57.4 cm³/mol. The second-order valence-corrected chi connectivity index (χ2v) is 4.20. The fourth-order valence-corrected chi connectivity index (χ4v) is 2.20. The van der Waals surface area contributed by atoms with Gasteiger partial charge < -0.3 is 14.9 Å². The van der Waals surface area contributed by atoms with Gasteiger partial charge in [-0.15, -0.1) is 0 Å². The van der Waals surface area contributed by atoms with Crippen LogP contribution in [-0.4, -0.2) is 29.4 Å². The molecule has 1 aromatic rings. The minimum atomic E-state index is -1.15. The minimum Gasteiger partial charge on any atom is -0.508 e. The Morgan fingerprint density at radius 2 is 1.94 bits per heavy atom. The van der Waals surface area contributed by atoms with Crippen molar-refractivity contribution in [3.63, 3.8) is 0 Å². The van der Waals surface area contributed by atoms with E-state index in [0.717, 1.165) is 6.07 Å². The first-order chi connectivity index (χ1) is 8.04. The normalized spacial score (nSPS) is 18.9. The number of aromatic hydroxyl groups is 1. The number of aliphatic carboxylic acids is 1. The Hall–Kier alpha value is -1.62. The van der Waals surface area contributed by atoms with E-state index in [-0.39, 0.29) is 18.6 Å². The molecule has 0 amide bonds. The van der Waals surface area contributed by atoms with E-state index in [1.165, 1.54) is 12.1 Å². The summed E-state index contributed by atoms with van der Waals surface area (Å²) in [7, 11) is 0. The average Bonchev–Trinajstić information content (AvgIpc) is 2.28. The maximum absolute atomic E-state index is 13.2. The summed E-state index contributed by atoms with van der Waals surface area (Å²) in [4.78, 5) is 11.4. The highest BCUT2D eigenvalue weighted by Gasteiger charge is 2.42. The van der Waals surface area contributed by atoms with Crippen LogP contribution in [0.3, 0.4) is 0 Å². The monoisotopic (exact) mass is 240 g/mol. The molecule has 0 atom stereocenters. The van der Waals surface area contributed by atoms with Gasteiger partial charge in [-0.25, -0.2) is 4.39 Å². The topological polar surface area (TPSA) is 66.8 Å². The highest BCUT2D eigenvalue weighted by Crippen LogP contribution is 2.36. The van der Waals surface area contributed by atoms with Crippen molar-refractivity contribution in [2.75, 3.05) is 13.2 Å². The molecule has 1 aliphatic rings. The van der Waals surface area contributed by atoms with Crippen LogP contribution in [0.15, 0.2) is 18.2 Å². The van der Waals surface area contributed by atoms with Crippen molar-refractivity contribution >= 4 is 5.97 Å². The third kappa shape index (κ3) is 2.10. The molecule has 2 N–H and O–H groups in total. The van der Waals surface area contributed by atoms with Crippen molar-refractivity contribution in [2.45, 2.75) is 18.3 Å². The highest BCUT2D eigenvalue weighted by molar-refractivity contribution is 5.81. The number of benzene rings is 1. The minimum absolute atomic E-state index is 0.257. The molecule has 92 valence electrons. The van der Waals surface area contributed by atoms with Crippen molar-refractivity contribution in [1.29, 1.82) is 0 Å². The molecule has 2 rings (SSSR count). The summed E-state index contributed by atoms with van der Waals surface area (Å²) >= 11 is 0. The van der Waals surface area contributed by atoms with E-state index < -0.39 is 17.2 Å². The number of phenolic OH excluding ortho intramolecular Hbond substituents is 1. The molecule has 1 aliphatic heterocycles. The molecule has 1 heterocycles. The fourth-order valence-electron chi connectivity index (χ4n) is 2.20. The molecule has 0 bridgehead atoms. The molecule has 5 heteroatoms. The second kappa shape index (κ2) is 4.33. The Bertz CT molecular complexity index is 418. The second-order valence-electron chi connectivity index (χ2n) is 4.20. The van der Waals surface area contributed by atoms with Gasteiger partial charge in [-0.2, -0.15) is 0 Å². The molecule has 0 radical (unpaired) electrons. The van der Waals surface area contributed by atoms with Gasteiger partial charge in [0.25, 0.3) is 0 Å². The molecule has 0 aromatic heterocycles. The van der Waals surface area contributed by atoms with Crippen LogP contribution in [0.1, 0.15) is 18.4 Å². The van der Waals surface area contributed by atoms with E-state index in [4.69, 9.17) is 4.74 Å².